The molecule has 1 aliphatic carbocycles. The van der Waals surface area contributed by atoms with Crippen molar-refractivity contribution in [3.05, 3.63) is 29.3 Å². The lowest BCUT2D eigenvalue weighted by Crippen LogP contribution is -2.34. The first-order valence-electron chi connectivity index (χ1n) is 5.69. The molecule has 0 unspecified atom stereocenters. The van der Waals surface area contributed by atoms with E-state index >= 15 is 0 Å². The first kappa shape index (κ1) is 10.5. The number of benzene rings is 1. The first-order valence-corrected chi connectivity index (χ1v) is 5.69. The third-order valence-corrected chi connectivity index (χ3v) is 3.14. The zero-order valence-electron chi connectivity index (χ0n) is 9.49. The molecule has 0 aliphatic heterocycles. The van der Waals surface area contributed by atoms with Gasteiger partial charge in [-0.1, -0.05) is 12.1 Å². The maximum Gasteiger partial charge on any atom is 0.122 e. The van der Waals surface area contributed by atoms with Crippen molar-refractivity contribution in [3.63, 3.8) is 0 Å². The van der Waals surface area contributed by atoms with Gasteiger partial charge in [-0.3, -0.25) is 0 Å². The second-order valence-corrected chi connectivity index (χ2v) is 4.39. The smallest absolute Gasteiger partial charge is 0.122 e. The van der Waals surface area contributed by atoms with E-state index in [1.165, 1.54) is 11.1 Å². The Kier molecular flexibility index (Phi) is 2.96. The summed E-state index contributed by atoms with van der Waals surface area (Å²) in [5.74, 6) is 1.68. The minimum Gasteiger partial charge on any atom is -0.494 e. The molecule has 0 aromatic heterocycles. The van der Waals surface area contributed by atoms with E-state index in [1.54, 1.807) is 0 Å². The Morgan fingerprint density at radius 2 is 2.13 bits per heavy atom. The van der Waals surface area contributed by atoms with Crippen LogP contribution >= 0.6 is 0 Å². The quantitative estimate of drug-likeness (QED) is 0.823. The first-order chi connectivity index (χ1) is 7.20. The van der Waals surface area contributed by atoms with Gasteiger partial charge in [0, 0.05) is 6.04 Å². The summed E-state index contributed by atoms with van der Waals surface area (Å²) in [6.07, 6.45) is 2.26. The van der Waals surface area contributed by atoms with Crippen molar-refractivity contribution in [3.8, 4) is 5.75 Å². The van der Waals surface area contributed by atoms with Crippen LogP contribution in [-0.4, -0.2) is 12.6 Å². The molecule has 2 heteroatoms. The Bertz CT molecular complexity index is 342. The molecule has 1 aromatic carbocycles. The second-order valence-electron chi connectivity index (χ2n) is 4.39. The molecule has 2 nitrogen and oxygen atoms in total. The lowest BCUT2D eigenvalue weighted by atomic mass is 9.76. The van der Waals surface area contributed by atoms with Crippen molar-refractivity contribution >= 4 is 0 Å². The monoisotopic (exact) mass is 205 g/mol. The number of hydrogen-bond acceptors (Lipinski definition) is 2. The number of aryl methyl sites for hydroxylation is 1. The Morgan fingerprint density at radius 1 is 1.40 bits per heavy atom. The van der Waals surface area contributed by atoms with E-state index in [0.717, 1.165) is 25.2 Å². The number of nitrogens with two attached hydrogens (primary N) is 1. The molecule has 0 amide bonds. The molecule has 0 heterocycles. The number of rotatable bonds is 3. The van der Waals surface area contributed by atoms with E-state index in [0.29, 0.717) is 12.0 Å². The maximum absolute atomic E-state index is 5.80. The Hall–Kier alpha value is -1.02. The van der Waals surface area contributed by atoms with Crippen molar-refractivity contribution in [1.29, 1.82) is 0 Å². The summed E-state index contributed by atoms with van der Waals surface area (Å²) in [6, 6.07) is 6.91. The summed E-state index contributed by atoms with van der Waals surface area (Å²) < 4.78 is 5.52. The van der Waals surface area contributed by atoms with Crippen LogP contribution in [0.1, 0.15) is 36.8 Å². The van der Waals surface area contributed by atoms with Gasteiger partial charge in [0.25, 0.3) is 0 Å². The van der Waals surface area contributed by atoms with Crippen LogP contribution < -0.4 is 10.5 Å². The zero-order valence-corrected chi connectivity index (χ0v) is 9.49. The molecule has 1 fully saturated rings. The van der Waals surface area contributed by atoms with Crippen molar-refractivity contribution < 1.29 is 4.74 Å². The molecular formula is C13H19NO. The number of ether oxygens (including phenoxy) is 1. The average Bonchev–Trinajstić information content (AvgIpc) is 2.17. The lowest BCUT2D eigenvalue weighted by molar-refractivity contribution is 0.335. The minimum atomic E-state index is 0.418. The molecule has 2 N–H and O–H groups in total. The third-order valence-electron chi connectivity index (χ3n) is 3.14. The van der Waals surface area contributed by atoms with E-state index in [1.807, 2.05) is 6.92 Å². The summed E-state index contributed by atoms with van der Waals surface area (Å²) in [4.78, 5) is 0. The summed E-state index contributed by atoms with van der Waals surface area (Å²) >= 11 is 0. The fraction of sp³-hybridized carbons (Fsp3) is 0.538. The second kappa shape index (κ2) is 4.23. The molecule has 82 valence electrons. The normalized spacial score (nSPS) is 24.7. The van der Waals surface area contributed by atoms with Crippen LogP contribution in [0, 0.1) is 6.92 Å². The fourth-order valence-electron chi connectivity index (χ4n) is 2.18. The Labute approximate surface area is 91.4 Å². The molecule has 1 saturated carbocycles. The van der Waals surface area contributed by atoms with Crippen LogP contribution in [0.15, 0.2) is 18.2 Å². The van der Waals surface area contributed by atoms with Crippen LogP contribution in [0.25, 0.3) is 0 Å². The number of hydrogen-bond donors (Lipinski definition) is 1. The van der Waals surface area contributed by atoms with Gasteiger partial charge in [-0.05, 0) is 49.8 Å². The highest BCUT2D eigenvalue weighted by molar-refractivity contribution is 5.38. The topological polar surface area (TPSA) is 35.2 Å². The van der Waals surface area contributed by atoms with Crippen molar-refractivity contribution in [1.82, 2.24) is 0 Å². The van der Waals surface area contributed by atoms with Gasteiger partial charge in [0.05, 0.1) is 6.61 Å². The van der Waals surface area contributed by atoms with Crippen LogP contribution in [0.5, 0.6) is 5.75 Å². The van der Waals surface area contributed by atoms with E-state index in [9.17, 15) is 0 Å². The van der Waals surface area contributed by atoms with Gasteiger partial charge in [0.2, 0.25) is 0 Å². The highest BCUT2D eigenvalue weighted by Crippen LogP contribution is 2.37. The van der Waals surface area contributed by atoms with Crippen molar-refractivity contribution in [2.45, 2.75) is 38.6 Å². The highest BCUT2D eigenvalue weighted by Gasteiger charge is 2.27. The predicted octanol–water partition coefficient (Wildman–Crippen LogP) is 2.60. The molecule has 0 saturated heterocycles. The van der Waals surface area contributed by atoms with E-state index < -0.39 is 0 Å². The van der Waals surface area contributed by atoms with Crippen LogP contribution in [0.2, 0.25) is 0 Å². The molecule has 0 bridgehead atoms. The van der Waals surface area contributed by atoms with E-state index in [4.69, 9.17) is 10.5 Å². The minimum absolute atomic E-state index is 0.418. The molecule has 0 radical (unpaired) electrons. The Balaban J connectivity index is 2.11. The zero-order chi connectivity index (χ0) is 10.8. The maximum atomic E-state index is 5.80. The summed E-state index contributed by atoms with van der Waals surface area (Å²) in [6.45, 7) is 4.85. The molecule has 0 spiro atoms. The van der Waals surface area contributed by atoms with Crippen LogP contribution in [-0.2, 0) is 0 Å². The van der Waals surface area contributed by atoms with Gasteiger partial charge in [-0.2, -0.15) is 0 Å². The Morgan fingerprint density at radius 3 is 2.67 bits per heavy atom. The van der Waals surface area contributed by atoms with Gasteiger partial charge in [0.15, 0.2) is 0 Å². The predicted molar refractivity (Wildman–Crippen MR) is 62.3 cm³/mol. The van der Waals surface area contributed by atoms with Gasteiger partial charge in [-0.15, -0.1) is 0 Å². The summed E-state index contributed by atoms with van der Waals surface area (Å²) in [7, 11) is 0. The molecule has 1 aliphatic rings. The SMILES string of the molecule is CCOc1ccc(C2CC(N)C2)cc1C. The molecule has 2 rings (SSSR count). The van der Waals surface area contributed by atoms with Crippen molar-refractivity contribution in [2.75, 3.05) is 6.61 Å². The van der Waals surface area contributed by atoms with E-state index in [-0.39, 0.29) is 0 Å². The molecule has 15 heavy (non-hydrogen) atoms. The van der Waals surface area contributed by atoms with Gasteiger partial charge >= 0.3 is 0 Å². The van der Waals surface area contributed by atoms with E-state index in [2.05, 4.69) is 25.1 Å². The highest BCUT2D eigenvalue weighted by atomic mass is 16.5. The van der Waals surface area contributed by atoms with Gasteiger partial charge < -0.3 is 10.5 Å². The van der Waals surface area contributed by atoms with Crippen molar-refractivity contribution in [2.24, 2.45) is 5.73 Å². The lowest BCUT2D eigenvalue weighted by Gasteiger charge is -2.33. The molecule has 0 atom stereocenters. The summed E-state index contributed by atoms with van der Waals surface area (Å²) in [5.41, 5.74) is 8.44. The van der Waals surface area contributed by atoms with Gasteiger partial charge in [0.1, 0.15) is 5.75 Å². The largest absolute Gasteiger partial charge is 0.494 e. The standard InChI is InChI=1S/C13H19NO/c1-3-15-13-5-4-10(6-9(13)2)11-7-12(14)8-11/h4-6,11-12H,3,7-8,14H2,1-2H3. The summed E-state index contributed by atoms with van der Waals surface area (Å²) in [5, 5.41) is 0. The van der Waals surface area contributed by atoms with Crippen LogP contribution in [0.4, 0.5) is 0 Å². The molecule has 1 aromatic rings. The fourth-order valence-corrected chi connectivity index (χ4v) is 2.18. The van der Waals surface area contributed by atoms with Gasteiger partial charge in [-0.25, -0.2) is 0 Å². The average molecular weight is 205 g/mol. The third kappa shape index (κ3) is 2.15. The van der Waals surface area contributed by atoms with Crippen LogP contribution in [0.3, 0.4) is 0 Å². The molecular weight excluding hydrogens is 186 g/mol.